The van der Waals surface area contributed by atoms with Crippen molar-refractivity contribution in [1.29, 1.82) is 0 Å². The summed E-state index contributed by atoms with van der Waals surface area (Å²) in [5.41, 5.74) is 4.01. The SMILES string of the molecule is O=C(Nc1ccn(Cc2ccccc2)n1)c1cn(-c2ccccc2)nc1-c1ccccc1. The van der Waals surface area contributed by atoms with Crippen LogP contribution in [0.5, 0.6) is 0 Å². The average molecular weight is 419 g/mol. The van der Waals surface area contributed by atoms with Gasteiger partial charge in [0, 0.05) is 24.0 Å². The number of hydrogen-bond acceptors (Lipinski definition) is 3. The average Bonchev–Trinajstić information content (AvgIpc) is 3.48. The van der Waals surface area contributed by atoms with Crippen LogP contribution in [0.4, 0.5) is 5.82 Å². The van der Waals surface area contributed by atoms with Crippen molar-refractivity contribution in [3.63, 3.8) is 0 Å². The smallest absolute Gasteiger partial charge is 0.260 e. The summed E-state index contributed by atoms with van der Waals surface area (Å²) < 4.78 is 3.53. The van der Waals surface area contributed by atoms with E-state index in [1.54, 1.807) is 21.6 Å². The number of anilines is 1. The molecule has 1 amide bonds. The molecule has 2 heterocycles. The van der Waals surface area contributed by atoms with Crippen LogP contribution in [0.2, 0.25) is 0 Å². The van der Waals surface area contributed by atoms with Crippen LogP contribution in [-0.4, -0.2) is 25.5 Å². The highest BCUT2D eigenvalue weighted by Crippen LogP contribution is 2.24. The number of hydrogen-bond donors (Lipinski definition) is 1. The van der Waals surface area contributed by atoms with Gasteiger partial charge in [0.05, 0.1) is 17.8 Å². The molecule has 0 aliphatic carbocycles. The molecule has 0 fully saturated rings. The Bertz CT molecular complexity index is 1320. The van der Waals surface area contributed by atoms with Crippen LogP contribution in [-0.2, 0) is 6.54 Å². The van der Waals surface area contributed by atoms with E-state index >= 15 is 0 Å². The molecule has 0 aliphatic rings. The van der Waals surface area contributed by atoms with E-state index in [2.05, 4.69) is 10.4 Å². The Morgan fingerprint density at radius 1 is 0.781 bits per heavy atom. The first-order valence-corrected chi connectivity index (χ1v) is 10.4. The zero-order valence-corrected chi connectivity index (χ0v) is 17.3. The molecule has 32 heavy (non-hydrogen) atoms. The van der Waals surface area contributed by atoms with Crippen LogP contribution in [0.25, 0.3) is 16.9 Å². The third-order valence-electron chi connectivity index (χ3n) is 5.10. The molecule has 0 saturated heterocycles. The van der Waals surface area contributed by atoms with Crippen LogP contribution in [0.3, 0.4) is 0 Å². The Kier molecular flexibility index (Phi) is 5.32. The Hall–Kier alpha value is -4.45. The van der Waals surface area contributed by atoms with Gasteiger partial charge in [0.15, 0.2) is 5.82 Å². The fourth-order valence-corrected chi connectivity index (χ4v) is 3.53. The number of carbonyl (C=O) groups excluding carboxylic acids is 1. The number of carbonyl (C=O) groups is 1. The topological polar surface area (TPSA) is 64.7 Å². The van der Waals surface area contributed by atoms with E-state index in [-0.39, 0.29) is 5.91 Å². The minimum atomic E-state index is -0.254. The second kappa shape index (κ2) is 8.73. The Morgan fingerprint density at radius 2 is 1.44 bits per heavy atom. The monoisotopic (exact) mass is 419 g/mol. The predicted octanol–water partition coefficient (Wildman–Crippen LogP) is 5.04. The maximum atomic E-state index is 13.2. The predicted molar refractivity (Wildman–Crippen MR) is 125 cm³/mol. The number of benzene rings is 3. The highest BCUT2D eigenvalue weighted by molar-refractivity contribution is 6.07. The minimum absolute atomic E-state index is 0.254. The Morgan fingerprint density at radius 3 is 2.16 bits per heavy atom. The number of rotatable bonds is 6. The molecule has 0 spiro atoms. The fraction of sp³-hybridized carbons (Fsp3) is 0.0385. The second-order valence-electron chi connectivity index (χ2n) is 7.38. The lowest BCUT2D eigenvalue weighted by molar-refractivity contribution is 0.102. The highest BCUT2D eigenvalue weighted by atomic mass is 16.1. The maximum Gasteiger partial charge on any atom is 0.260 e. The van der Waals surface area contributed by atoms with Gasteiger partial charge in [0.25, 0.3) is 5.91 Å². The molecule has 3 aromatic carbocycles. The van der Waals surface area contributed by atoms with E-state index in [1.807, 2.05) is 97.2 Å². The van der Waals surface area contributed by atoms with Crippen molar-refractivity contribution in [2.75, 3.05) is 5.32 Å². The van der Waals surface area contributed by atoms with Gasteiger partial charge < -0.3 is 5.32 Å². The normalized spacial score (nSPS) is 10.8. The van der Waals surface area contributed by atoms with Gasteiger partial charge in [-0.2, -0.15) is 10.2 Å². The summed E-state index contributed by atoms with van der Waals surface area (Å²) >= 11 is 0. The fourth-order valence-electron chi connectivity index (χ4n) is 3.53. The molecule has 0 atom stereocenters. The standard InChI is InChI=1S/C26H21N5O/c32-26(27-24-16-17-30(28-24)18-20-10-4-1-5-11-20)23-19-31(22-14-8-3-9-15-22)29-25(23)21-12-6-2-7-13-21/h1-17,19H,18H2,(H,27,28,32). The summed E-state index contributed by atoms with van der Waals surface area (Å²) in [5, 5.41) is 12.1. The maximum absolute atomic E-state index is 13.2. The van der Waals surface area contributed by atoms with Crippen molar-refractivity contribution in [3.8, 4) is 16.9 Å². The molecule has 0 saturated carbocycles. The molecule has 6 heteroatoms. The third kappa shape index (κ3) is 4.20. The van der Waals surface area contributed by atoms with E-state index in [4.69, 9.17) is 5.10 Å². The largest absolute Gasteiger partial charge is 0.305 e. The summed E-state index contributed by atoms with van der Waals surface area (Å²) in [6, 6.07) is 31.3. The van der Waals surface area contributed by atoms with Crippen molar-refractivity contribution < 1.29 is 4.79 Å². The van der Waals surface area contributed by atoms with Gasteiger partial charge in [-0.25, -0.2) is 4.68 Å². The van der Waals surface area contributed by atoms with Gasteiger partial charge in [0.1, 0.15) is 5.69 Å². The van der Waals surface area contributed by atoms with Crippen LogP contribution >= 0.6 is 0 Å². The van der Waals surface area contributed by atoms with E-state index in [9.17, 15) is 4.79 Å². The van der Waals surface area contributed by atoms with Gasteiger partial charge in [-0.1, -0.05) is 78.9 Å². The van der Waals surface area contributed by atoms with Gasteiger partial charge >= 0.3 is 0 Å². The summed E-state index contributed by atoms with van der Waals surface area (Å²) in [6.07, 6.45) is 3.61. The molecule has 0 bridgehead atoms. The molecule has 1 N–H and O–H groups in total. The molecular formula is C26H21N5O. The van der Waals surface area contributed by atoms with Crippen molar-refractivity contribution in [2.24, 2.45) is 0 Å². The molecule has 0 radical (unpaired) electrons. The Balaban J connectivity index is 1.42. The van der Waals surface area contributed by atoms with Crippen molar-refractivity contribution in [1.82, 2.24) is 19.6 Å². The van der Waals surface area contributed by atoms with E-state index in [0.717, 1.165) is 16.8 Å². The van der Waals surface area contributed by atoms with Gasteiger partial charge in [-0.15, -0.1) is 0 Å². The van der Waals surface area contributed by atoms with Crippen molar-refractivity contribution in [3.05, 3.63) is 121 Å². The molecule has 6 nitrogen and oxygen atoms in total. The molecule has 156 valence electrons. The molecule has 0 unspecified atom stereocenters. The van der Waals surface area contributed by atoms with Gasteiger partial charge in [-0.05, 0) is 17.7 Å². The van der Waals surface area contributed by atoms with Crippen LogP contribution in [0.1, 0.15) is 15.9 Å². The number of amides is 1. The lowest BCUT2D eigenvalue weighted by Gasteiger charge is -2.04. The highest BCUT2D eigenvalue weighted by Gasteiger charge is 2.19. The van der Waals surface area contributed by atoms with Crippen molar-refractivity contribution >= 4 is 11.7 Å². The minimum Gasteiger partial charge on any atom is -0.305 e. The first-order chi connectivity index (χ1) is 15.8. The number of aromatic nitrogens is 4. The van der Waals surface area contributed by atoms with Gasteiger partial charge in [0.2, 0.25) is 0 Å². The Labute approximate surface area is 185 Å². The number of para-hydroxylation sites is 1. The first-order valence-electron chi connectivity index (χ1n) is 10.4. The van der Waals surface area contributed by atoms with E-state index in [0.29, 0.717) is 23.6 Å². The molecular weight excluding hydrogens is 398 g/mol. The molecule has 5 aromatic rings. The van der Waals surface area contributed by atoms with Crippen LogP contribution < -0.4 is 5.32 Å². The van der Waals surface area contributed by atoms with Crippen LogP contribution in [0, 0.1) is 0 Å². The summed E-state index contributed by atoms with van der Waals surface area (Å²) in [6.45, 7) is 0.637. The van der Waals surface area contributed by atoms with Crippen LogP contribution in [0.15, 0.2) is 109 Å². The van der Waals surface area contributed by atoms with Crippen molar-refractivity contribution in [2.45, 2.75) is 6.54 Å². The zero-order valence-electron chi connectivity index (χ0n) is 17.3. The van der Waals surface area contributed by atoms with E-state index < -0.39 is 0 Å². The lowest BCUT2D eigenvalue weighted by atomic mass is 10.1. The lowest BCUT2D eigenvalue weighted by Crippen LogP contribution is -2.13. The molecule has 0 aliphatic heterocycles. The summed E-state index contributed by atoms with van der Waals surface area (Å²) in [5.74, 6) is 0.244. The van der Waals surface area contributed by atoms with E-state index in [1.165, 1.54) is 0 Å². The number of nitrogens with one attached hydrogen (secondary N) is 1. The quantitative estimate of drug-likeness (QED) is 0.420. The molecule has 5 rings (SSSR count). The third-order valence-corrected chi connectivity index (χ3v) is 5.10. The molecule has 2 aromatic heterocycles. The zero-order chi connectivity index (χ0) is 21.8. The van der Waals surface area contributed by atoms with Gasteiger partial charge in [-0.3, -0.25) is 9.48 Å². The first kappa shape index (κ1) is 19.5. The number of nitrogens with zero attached hydrogens (tertiary/aromatic N) is 4. The summed E-state index contributed by atoms with van der Waals surface area (Å²) in [7, 11) is 0. The summed E-state index contributed by atoms with van der Waals surface area (Å²) in [4.78, 5) is 13.2. The second-order valence-corrected chi connectivity index (χ2v) is 7.38.